The van der Waals surface area contributed by atoms with Crippen molar-refractivity contribution in [3.8, 4) is 11.8 Å². The van der Waals surface area contributed by atoms with Gasteiger partial charge in [-0.15, -0.1) is 0 Å². The van der Waals surface area contributed by atoms with Gasteiger partial charge in [-0.25, -0.2) is 0 Å². The Morgan fingerprint density at radius 3 is 2.48 bits per heavy atom. The van der Waals surface area contributed by atoms with Crippen molar-refractivity contribution in [2.24, 2.45) is 5.92 Å². The van der Waals surface area contributed by atoms with Gasteiger partial charge < -0.3 is 14.8 Å². The van der Waals surface area contributed by atoms with E-state index in [2.05, 4.69) is 5.32 Å². The Balaban J connectivity index is 2.14. The van der Waals surface area contributed by atoms with Crippen molar-refractivity contribution >= 4 is 17.4 Å². The van der Waals surface area contributed by atoms with Crippen LogP contribution >= 0.6 is 0 Å². The van der Waals surface area contributed by atoms with Crippen molar-refractivity contribution in [3.63, 3.8) is 0 Å². The molecule has 0 heterocycles. The molecule has 1 N–H and O–H groups in total. The average molecular weight is 338 g/mol. The zero-order valence-corrected chi connectivity index (χ0v) is 14.0. The molecule has 25 heavy (non-hydrogen) atoms. The Hall–Kier alpha value is -3.17. The van der Waals surface area contributed by atoms with E-state index < -0.39 is 17.6 Å². The van der Waals surface area contributed by atoms with Crippen LogP contribution in [0.5, 0.6) is 5.75 Å². The molecule has 0 spiro atoms. The molecule has 0 bridgehead atoms. The van der Waals surface area contributed by atoms with Crippen LogP contribution < -0.4 is 10.1 Å². The van der Waals surface area contributed by atoms with Gasteiger partial charge in [0.05, 0.1) is 19.8 Å². The van der Waals surface area contributed by atoms with Gasteiger partial charge in [0.2, 0.25) is 5.91 Å². The molecule has 2 aromatic rings. The van der Waals surface area contributed by atoms with E-state index in [-0.39, 0.29) is 0 Å². The van der Waals surface area contributed by atoms with E-state index in [0.29, 0.717) is 23.6 Å². The highest BCUT2D eigenvalue weighted by Crippen LogP contribution is 2.17. The molecule has 1 unspecified atom stereocenters. The van der Waals surface area contributed by atoms with Crippen molar-refractivity contribution < 1.29 is 19.1 Å². The first-order valence-electron chi connectivity index (χ1n) is 7.55. The van der Waals surface area contributed by atoms with Crippen molar-refractivity contribution in [1.29, 1.82) is 5.26 Å². The summed E-state index contributed by atoms with van der Waals surface area (Å²) in [7, 11) is 3.09. The number of hydrogen-bond acceptors (Lipinski definition) is 5. The minimum absolute atomic E-state index is 0.297. The third-order valence-corrected chi connectivity index (χ3v) is 3.53. The molecule has 0 aliphatic rings. The van der Waals surface area contributed by atoms with Crippen molar-refractivity contribution in [1.82, 2.24) is 0 Å². The number of carbonyl (C=O) groups is 2. The van der Waals surface area contributed by atoms with Gasteiger partial charge >= 0.3 is 0 Å². The number of anilines is 1. The molecule has 0 radical (unpaired) electrons. The number of nitrogens with zero attached hydrogens (tertiary/aromatic N) is 1. The third kappa shape index (κ3) is 4.66. The molecular weight excluding hydrogens is 320 g/mol. The van der Waals surface area contributed by atoms with Gasteiger partial charge in [-0.2, -0.15) is 5.26 Å². The number of nitriles is 1. The summed E-state index contributed by atoms with van der Waals surface area (Å²) in [4.78, 5) is 24.8. The minimum Gasteiger partial charge on any atom is -0.497 e. The number of rotatable bonds is 7. The van der Waals surface area contributed by atoms with Crippen molar-refractivity contribution in [2.45, 2.75) is 6.61 Å². The molecule has 0 saturated carbocycles. The van der Waals surface area contributed by atoms with Crippen LogP contribution in [0.15, 0.2) is 48.5 Å². The largest absolute Gasteiger partial charge is 0.497 e. The van der Waals surface area contributed by atoms with Gasteiger partial charge in [-0.1, -0.05) is 18.2 Å². The molecular formula is C19H18N2O4. The Bertz CT molecular complexity index is 794. The van der Waals surface area contributed by atoms with Crippen LogP contribution in [0.3, 0.4) is 0 Å². The van der Waals surface area contributed by atoms with E-state index in [1.54, 1.807) is 61.7 Å². The molecule has 1 atom stereocenters. The van der Waals surface area contributed by atoms with E-state index >= 15 is 0 Å². The van der Waals surface area contributed by atoms with Crippen molar-refractivity contribution in [3.05, 3.63) is 59.7 Å². The van der Waals surface area contributed by atoms with Crippen molar-refractivity contribution in [2.75, 3.05) is 19.5 Å². The maximum Gasteiger partial charge on any atom is 0.249 e. The SMILES string of the molecule is COCc1cccc(C(=O)C(C#N)C(=O)Nc2ccc(OC)cc2)c1. The molecule has 6 nitrogen and oxygen atoms in total. The second-order valence-electron chi connectivity index (χ2n) is 5.28. The highest BCUT2D eigenvalue weighted by Gasteiger charge is 2.27. The molecule has 0 aliphatic carbocycles. The molecule has 128 valence electrons. The van der Waals surface area contributed by atoms with Gasteiger partial charge in [-0.3, -0.25) is 9.59 Å². The van der Waals surface area contributed by atoms with Crippen LogP contribution in [0.2, 0.25) is 0 Å². The Morgan fingerprint density at radius 1 is 1.16 bits per heavy atom. The molecule has 0 aromatic heterocycles. The maximum atomic E-state index is 12.5. The Labute approximate surface area is 146 Å². The van der Waals surface area contributed by atoms with Crippen LogP contribution in [0.25, 0.3) is 0 Å². The lowest BCUT2D eigenvalue weighted by molar-refractivity contribution is -0.117. The zero-order valence-electron chi connectivity index (χ0n) is 14.0. The van der Waals surface area contributed by atoms with Gasteiger partial charge in [0.1, 0.15) is 5.75 Å². The number of Topliss-reactive ketones (excluding diaryl/α,β-unsaturated/α-hetero) is 1. The molecule has 1 amide bonds. The second-order valence-corrected chi connectivity index (χ2v) is 5.28. The fraction of sp³-hybridized carbons (Fsp3) is 0.211. The number of benzene rings is 2. The summed E-state index contributed by atoms with van der Waals surface area (Å²) in [6.45, 7) is 0.344. The summed E-state index contributed by atoms with van der Waals surface area (Å²) in [6.07, 6.45) is 0. The van der Waals surface area contributed by atoms with Gasteiger partial charge in [0, 0.05) is 18.4 Å². The molecule has 0 saturated heterocycles. The lowest BCUT2D eigenvalue weighted by atomic mass is 9.96. The van der Waals surface area contributed by atoms with E-state index in [4.69, 9.17) is 9.47 Å². The number of hydrogen-bond donors (Lipinski definition) is 1. The maximum absolute atomic E-state index is 12.5. The first-order chi connectivity index (χ1) is 12.1. The van der Waals surface area contributed by atoms with Crippen LogP contribution in [0.1, 0.15) is 15.9 Å². The Morgan fingerprint density at radius 2 is 1.88 bits per heavy atom. The molecule has 2 rings (SSSR count). The Kier molecular flexibility index (Phi) is 6.26. The number of ketones is 1. The summed E-state index contributed by atoms with van der Waals surface area (Å²) in [5.74, 6) is -2.01. The highest BCUT2D eigenvalue weighted by atomic mass is 16.5. The lowest BCUT2D eigenvalue weighted by Gasteiger charge is -2.11. The fourth-order valence-electron chi connectivity index (χ4n) is 2.27. The van der Waals surface area contributed by atoms with E-state index in [9.17, 15) is 14.9 Å². The molecule has 0 aliphatic heterocycles. The first kappa shape index (κ1) is 18.2. The number of methoxy groups -OCH3 is 2. The number of nitrogens with one attached hydrogen (secondary N) is 1. The highest BCUT2D eigenvalue weighted by molar-refractivity contribution is 6.15. The molecule has 0 fully saturated rings. The van der Waals surface area contributed by atoms with E-state index in [1.165, 1.54) is 7.11 Å². The first-order valence-corrected chi connectivity index (χ1v) is 7.55. The zero-order chi connectivity index (χ0) is 18.2. The quantitative estimate of drug-likeness (QED) is 0.619. The number of ether oxygens (including phenoxy) is 2. The number of carbonyl (C=O) groups excluding carboxylic acids is 2. The third-order valence-electron chi connectivity index (χ3n) is 3.53. The monoisotopic (exact) mass is 338 g/mol. The van der Waals surface area contributed by atoms with Crippen LogP contribution in [-0.4, -0.2) is 25.9 Å². The molecule has 6 heteroatoms. The summed E-state index contributed by atoms with van der Waals surface area (Å²) < 4.78 is 10.1. The van der Waals surface area contributed by atoms with Gasteiger partial charge in [0.25, 0.3) is 0 Å². The van der Waals surface area contributed by atoms with Crippen LogP contribution in [0, 0.1) is 17.2 Å². The number of amides is 1. The van der Waals surface area contributed by atoms with E-state index in [1.807, 2.05) is 0 Å². The summed E-state index contributed by atoms with van der Waals surface area (Å²) in [6, 6.07) is 15.1. The fourth-order valence-corrected chi connectivity index (χ4v) is 2.27. The van der Waals surface area contributed by atoms with Gasteiger partial charge in [-0.05, 0) is 35.9 Å². The lowest BCUT2D eigenvalue weighted by Crippen LogP contribution is -2.28. The average Bonchev–Trinajstić information content (AvgIpc) is 2.63. The minimum atomic E-state index is -1.43. The molecule has 2 aromatic carbocycles. The second kappa shape index (κ2) is 8.62. The summed E-state index contributed by atoms with van der Waals surface area (Å²) in [5, 5.41) is 11.9. The normalized spacial score (nSPS) is 11.2. The van der Waals surface area contributed by atoms with Gasteiger partial charge in [0.15, 0.2) is 11.7 Å². The van der Waals surface area contributed by atoms with E-state index in [0.717, 1.165) is 5.56 Å². The smallest absolute Gasteiger partial charge is 0.249 e. The van der Waals surface area contributed by atoms with Crippen LogP contribution in [-0.2, 0) is 16.1 Å². The van der Waals surface area contributed by atoms with Crippen LogP contribution in [0.4, 0.5) is 5.69 Å². The standard InChI is InChI=1S/C19H18N2O4/c1-24-12-13-4-3-5-14(10-13)18(22)17(11-20)19(23)21-15-6-8-16(25-2)9-7-15/h3-10,17H,12H2,1-2H3,(H,21,23). The summed E-state index contributed by atoms with van der Waals surface area (Å²) in [5.41, 5.74) is 1.57. The topological polar surface area (TPSA) is 88.4 Å². The predicted octanol–water partition coefficient (Wildman–Crippen LogP) is 2.80. The summed E-state index contributed by atoms with van der Waals surface area (Å²) >= 11 is 0. The predicted molar refractivity (Wildman–Crippen MR) is 92.2 cm³/mol.